The quantitative estimate of drug-likeness (QED) is 0.742. The Hall–Kier alpha value is -2.05. The van der Waals surface area contributed by atoms with E-state index in [1.165, 1.54) is 4.57 Å². The van der Waals surface area contributed by atoms with Crippen LogP contribution in [0.1, 0.15) is 85.2 Å². The second kappa shape index (κ2) is 7.90. The summed E-state index contributed by atoms with van der Waals surface area (Å²) in [4.78, 5) is 31.4. The average Bonchev–Trinajstić information content (AvgIpc) is 3.24. The van der Waals surface area contributed by atoms with Gasteiger partial charge in [0.1, 0.15) is 17.0 Å². The van der Waals surface area contributed by atoms with E-state index in [4.69, 9.17) is 9.47 Å². The standard InChI is InChI=1S/C20H33N3O4/c1-8-11-22(17(24)26-19(2,3)4)13-15-12-21-16(14-9-10-14)23(15)18(25)27-20(5,6)7/h12,14H,8-11,13H2,1-7H3. The van der Waals surface area contributed by atoms with E-state index in [0.29, 0.717) is 12.2 Å². The van der Waals surface area contributed by atoms with Crippen LogP contribution in [0.15, 0.2) is 6.20 Å². The predicted octanol–water partition coefficient (Wildman–Crippen LogP) is 4.69. The van der Waals surface area contributed by atoms with E-state index in [0.717, 1.165) is 25.1 Å². The highest BCUT2D eigenvalue weighted by Gasteiger charge is 2.34. The number of carbonyl (C=O) groups excluding carboxylic acids is 2. The number of aromatic nitrogens is 2. The molecule has 1 heterocycles. The van der Waals surface area contributed by atoms with Crippen LogP contribution in [-0.2, 0) is 16.0 Å². The molecule has 7 nitrogen and oxygen atoms in total. The number of hydrogen-bond acceptors (Lipinski definition) is 5. The Morgan fingerprint density at radius 2 is 1.74 bits per heavy atom. The summed E-state index contributed by atoms with van der Waals surface area (Å²) in [5, 5.41) is 0. The van der Waals surface area contributed by atoms with Gasteiger partial charge in [-0.05, 0) is 60.8 Å². The molecule has 0 radical (unpaired) electrons. The van der Waals surface area contributed by atoms with Crippen LogP contribution in [0.25, 0.3) is 0 Å². The number of hydrogen-bond donors (Lipinski definition) is 0. The molecule has 0 aromatic carbocycles. The van der Waals surface area contributed by atoms with Crippen LogP contribution < -0.4 is 0 Å². The molecule has 152 valence electrons. The highest BCUT2D eigenvalue weighted by atomic mass is 16.6. The molecular formula is C20H33N3O4. The lowest BCUT2D eigenvalue weighted by molar-refractivity contribution is 0.0222. The van der Waals surface area contributed by atoms with Crippen molar-refractivity contribution in [3.63, 3.8) is 0 Å². The first-order chi connectivity index (χ1) is 12.4. The molecule has 0 saturated heterocycles. The van der Waals surface area contributed by atoms with Crippen molar-refractivity contribution in [1.82, 2.24) is 14.5 Å². The van der Waals surface area contributed by atoms with Gasteiger partial charge in [0.2, 0.25) is 0 Å². The summed E-state index contributed by atoms with van der Waals surface area (Å²) < 4.78 is 12.6. The van der Waals surface area contributed by atoms with Crippen molar-refractivity contribution >= 4 is 12.2 Å². The summed E-state index contributed by atoms with van der Waals surface area (Å²) in [7, 11) is 0. The zero-order valence-corrected chi connectivity index (χ0v) is 17.7. The maximum absolute atomic E-state index is 12.8. The van der Waals surface area contributed by atoms with Gasteiger partial charge in [-0.1, -0.05) is 6.92 Å². The Morgan fingerprint density at radius 1 is 1.15 bits per heavy atom. The van der Waals surface area contributed by atoms with Crippen molar-refractivity contribution < 1.29 is 19.1 Å². The summed E-state index contributed by atoms with van der Waals surface area (Å²) in [6, 6.07) is 0. The molecule has 27 heavy (non-hydrogen) atoms. The van der Waals surface area contributed by atoms with Crippen molar-refractivity contribution in [1.29, 1.82) is 0 Å². The summed E-state index contributed by atoms with van der Waals surface area (Å²) in [6.45, 7) is 13.8. The molecule has 1 aromatic heterocycles. The molecule has 1 aromatic rings. The van der Waals surface area contributed by atoms with Gasteiger partial charge in [-0.3, -0.25) is 0 Å². The molecule has 0 spiro atoms. The predicted molar refractivity (Wildman–Crippen MR) is 103 cm³/mol. The third-order valence-electron chi connectivity index (χ3n) is 3.88. The Balaban J connectivity index is 2.27. The molecule has 0 bridgehead atoms. The van der Waals surface area contributed by atoms with Gasteiger partial charge < -0.3 is 14.4 Å². The molecule has 2 rings (SSSR count). The molecule has 1 aliphatic carbocycles. The number of rotatable bonds is 5. The van der Waals surface area contributed by atoms with Gasteiger partial charge in [-0.15, -0.1) is 0 Å². The Kier molecular flexibility index (Phi) is 6.22. The molecule has 7 heteroatoms. The number of carbonyl (C=O) groups is 2. The second-order valence-corrected chi connectivity index (χ2v) is 9.10. The van der Waals surface area contributed by atoms with Crippen LogP contribution in [0.3, 0.4) is 0 Å². The van der Waals surface area contributed by atoms with E-state index >= 15 is 0 Å². The van der Waals surface area contributed by atoms with E-state index in [1.807, 2.05) is 48.5 Å². The molecule has 1 fully saturated rings. The van der Waals surface area contributed by atoms with E-state index < -0.39 is 23.4 Å². The lowest BCUT2D eigenvalue weighted by atomic mass is 10.2. The number of ether oxygens (including phenoxy) is 2. The van der Waals surface area contributed by atoms with Crippen molar-refractivity contribution in [2.45, 2.75) is 91.4 Å². The van der Waals surface area contributed by atoms with Gasteiger partial charge in [-0.25, -0.2) is 19.1 Å². The smallest absolute Gasteiger partial charge is 0.420 e. The Bertz CT molecular complexity index is 678. The largest absolute Gasteiger partial charge is 0.444 e. The minimum atomic E-state index is -0.603. The zero-order valence-electron chi connectivity index (χ0n) is 17.7. The van der Waals surface area contributed by atoms with Crippen molar-refractivity contribution in [3.8, 4) is 0 Å². The van der Waals surface area contributed by atoms with Gasteiger partial charge in [-0.2, -0.15) is 0 Å². The number of amides is 1. The third kappa shape index (κ3) is 6.26. The van der Waals surface area contributed by atoms with Gasteiger partial charge in [0.05, 0.1) is 18.4 Å². The van der Waals surface area contributed by atoms with Gasteiger partial charge in [0, 0.05) is 12.5 Å². The van der Waals surface area contributed by atoms with Crippen LogP contribution in [-0.4, -0.2) is 44.4 Å². The second-order valence-electron chi connectivity index (χ2n) is 9.10. The van der Waals surface area contributed by atoms with Crippen molar-refractivity contribution in [2.75, 3.05) is 6.54 Å². The minimum absolute atomic E-state index is 0.252. The molecule has 0 N–H and O–H groups in total. The maximum Gasteiger partial charge on any atom is 0.420 e. The van der Waals surface area contributed by atoms with E-state index in [-0.39, 0.29) is 12.5 Å². The Labute approximate surface area is 162 Å². The molecular weight excluding hydrogens is 346 g/mol. The summed E-state index contributed by atoms with van der Waals surface area (Å²) in [5.41, 5.74) is -0.535. The number of nitrogens with zero attached hydrogens (tertiary/aromatic N) is 3. The molecule has 0 unspecified atom stereocenters. The molecule has 0 aliphatic heterocycles. The fourth-order valence-corrected chi connectivity index (χ4v) is 2.69. The summed E-state index contributed by atoms with van der Waals surface area (Å²) in [6.07, 6.45) is 3.65. The highest BCUT2D eigenvalue weighted by molar-refractivity contribution is 5.73. The third-order valence-corrected chi connectivity index (χ3v) is 3.88. The summed E-state index contributed by atoms with van der Waals surface area (Å²) >= 11 is 0. The minimum Gasteiger partial charge on any atom is -0.444 e. The van der Waals surface area contributed by atoms with Crippen molar-refractivity contribution in [2.24, 2.45) is 0 Å². The first-order valence-electron chi connectivity index (χ1n) is 9.69. The zero-order chi connectivity index (χ0) is 20.4. The first kappa shape index (κ1) is 21.3. The normalized spacial score (nSPS) is 14.8. The monoisotopic (exact) mass is 379 g/mol. The fourth-order valence-electron chi connectivity index (χ4n) is 2.69. The molecule has 1 amide bonds. The van der Waals surface area contributed by atoms with Crippen LogP contribution in [0.2, 0.25) is 0 Å². The molecule has 1 saturated carbocycles. The highest BCUT2D eigenvalue weighted by Crippen LogP contribution is 2.40. The van der Waals surface area contributed by atoms with E-state index in [9.17, 15) is 9.59 Å². The van der Waals surface area contributed by atoms with Crippen LogP contribution in [0.4, 0.5) is 9.59 Å². The lowest BCUT2D eigenvalue weighted by Gasteiger charge is -2.27. The molecule has 0 atom stereocenters. The Morgan fingerprint density at radius 3 is 2.22 bits per heavy atom. The summed E-state index contributed by atoms with van der Waals surface area (Å²) in [5.74, 6) is 1.01. The van der Waals surface area contributed by atoms with Gasteiger partial charge in [0.25, 0.3) is 0 Å². The van der Waals surface area contributed by atoms with Gasteiger partial charge >= 0.3 is 12.2 Å². The van der Waals surface area contributed by atoms with E-state index in [2.05, 4.69) is 4.98 Å². The lowest BCUT2D eigenvalue weighted by Crippen LogP contribution is -2.38. The van der Waals surface area contributed by atoms with Crippen molar-refractivity contribution in [3.05, 3.63) is 17.7 Å². The topological polar surface area (TPSA) is 73.7 Å². The number of imidazole rings is 1. The van der Waals surface area contributed by atoms with Crippen LogP contribution >= 0.6 is 0 Å². The first-order valence-corrected chi connectivity index (χ1v) is 9.69. The van der Waals surface area contributed by atoms with Crippen LogP contribution in [0.5, 0.6) is 0 Å². The average molecular weight is 380 g/mol. The maximum atomic E-state index is 12.8. The fraction of sp³-hybridized carbons (Fsp3) is 0.750. The van der Waals surface area contributed by atoms with E-state index in [1.54, 1.807) is 11.1 Å². The van der Waals surface area contributed by atoms with Crippen LogP contribution in [0, 0.1) is 0 Å². The van der Waals surface area contributed by atoms with Gasteiger partial charge in [0.15, 0.2) is 0 Å². The molecule has 1 aliphatic rings. The SMILES string of the molecule is CCCN(Cc1cnc(C2CC2)n1C(=O)OC(C)(C)C)C(=O)OC(C)(C)C.